The molecule has 0 rings (SSSR count). The summed E-state index contributed by atoms with van der Waals surface area (Å²) in [5.41, 5.74) is 0.943. The second kappa shape index (κ2) is 6.14. The van der Waals surface area contributed by atoms with E-state index >= 15 is 0 Å². The van der Waals surface area contributed by atoms with Crippen molar-refractivity contribution in [2.24, 2.45) is 0 Å². The summed E-state index contributed by atoms with van der Waals surface area (Å²) >= 11 is 0. The minimum Gasteiger partial charge on any atom is -0.515 e. The van der Waals surface area contributed by atoms with Crippen LogP contribution in [0.15, 0.2) is 36.1 Å². The van der Waals surface area contributed by atoms with Crippen molar-refractivity contribution < 1.29 is 5.11 Å². The van der Waals surface area contributed by atoms with Crippen LogP contribution < -0.4 is 0 Å². The number of hydrogen-bond donors (Lipinski definition) is 1. The molecule has 0 saturated carbocycles. The molecule has 1 nitrogen and oxygen atoms in total. The minimum atomic E-state index is 0.866. The van der Waals surface area contributed by atoms with Gasteiger partial charge in [0.15, 0.2) is 0 Å². The Balaban J connectivity index is 3.85. The number of hydrogen-bond acceptors (Lipinski definition) is 1. The van der Waals surface area contributed by atoms with Crippen molar-refractivity contribution in [3.63, 3.8) is 0 Å². The van der Waals surface area contributed by atoms with Crippen molar-refractivity contribution in [1.29, 1.82) is 0 Å². The van der Waals surface area contributed by atoms with E-state index in [2.05, 4.69) is 0 Å². The Labute approximate surface area is 62.4 Å². The third-order valence-electron chi connectivity index (χ3n) is 1.19. The van der Waals surface area contributed by atoms with Crippen LogP contribution in [0.1, 0.15) is 20.3 Å². The van der Waals surface area contributed by atoms with E-state index in [4.69, 9.17) is 5.11 Å². The molecule has 0 aliphatic heterocycles. The van der Waals surface area contributed by atoms with Crippen molar-refractivity contribution in [3.8, 4) is 0 Å². The van der Waals surface area contributed by atoms with Gasteiger partial charge in [-0.25, -0.2) is 0 Å². The standard InChI is InChI=1S/C9H14O/c1-3-5-6-7-9(4-2)8-10/h3,5-8,10H,4H2,1-2H3/b5-3-,7-6-,9-8+. The smallest absolute Gasteiger partial charge is 0.0823 e. The molecular formula is C9H14O. The van der Waals surface area contributed by atoms with Gasteiger partial charge in [0.1, 0.15) is 0 Å². The van der Waals surface area contributed by atoms with E-state index in [-0.39, 0.29) is 0 Å². The lowest BCUT2D eigenvalue weighted by Crippen LogP contribution is -1.71. The molecule has 0 aromatic rings. The summed E-state index contributed by atoms with van der Waals surface area (Å²) in [6.45, 7) is 3.96. The Hall–Kier alpha value is -0.980. The predicted octanol–water partition coefficient (Wildman–Crippen LogP) is 2.97. The molecule has 0 amide bonds. The second-order valence-corrected chi connectivity index (χ2v) is 1.94. The lowest BCUT2D eigenvalue weighted by Gasteiger charge is -1.89. The Bertz CT molecular complexity index is 152. The van der Waals surface area contributed by atoms with E-state index in [0.29, 0.717) is 0 Å². The molecule has 1 heteroatoms. The average molecular weight is 138 g/mol. The predicted molar refractivity (Wildman–Crippen MR) is 45.0 cm³/mol. The molecular weight excluding hydrogens is 124 g/mol. The zero-order chi connectivity index (χ0) is 7.82. The highest BCUT2D eigenvalue weighted by molar-refractivity contribution is 5.19. The lowest BCUT2D eigenvalue weighted by atomic mass is 10.2. The monoisotopic (exact) mass is 138 g/mol. The largest absolute Gasteiger partial charge is 0.515 e. The molecule has 0 saturated heterocycles. The summed E-state index contributed by atoms with van der Waals surface area (Å²) in [5.74, 6) is 0. The van der Waals surface area contributed by atoms with E-state index in [1.54, 1.807) is 0 Å². The topological polar surface area (TPSA) is 20.2 Å². The van der Waals surface area contributed by atoms with Crippen LogP contribution in [-0.4, -0.2) is 5.11 Å². The van der Waals surface area contributed by atoms with Gasteiger partial charge < -0.3 is 5.11 Å². The van der Waals surface area contributed by atoms with Crippen molar-refractivity contribution in [1.82, 2.24) is 0 Å². The Morgan fingerprint density at radius 2 is 2.10 bits per heavy atom. The van der Waals surface area contributed by atoms with Crippen molar-refractivity contribution in [3.05, 3.63) is 36.1 Å². The molecule has 0 aliphatic rings. The van der Waals surface area contributed by atoms with Gasteiger partial charge in [-0.05, 0) is 18.9 Å². The number of allylic oxidation sites excluding steroid dienone is 5. The first-order chi connectivity index (χ1) is 4.85. The zero-order valence-corrected chi connectivity index (χ0v) is 6.54. The molecule has 0 unspecified atom stereocenters. The van der Waals surface area contributed by atoms with Crippen LogP contribution in [0.3, 0.4) is 0 Å². The van der Waals surface area contributed by atoms with Crippen LogP contribution in [0, 0.1) is 0 Å². The van der Waals surface area contributed by atoms with Crippen LogP contribution in [-0.2, 0) is 0 Å². The minimum absolute atomic E-state index is 0.866. The molecule has 0 aliphatic carbocycles. The van der Waals surface area contributed by atoms with Gasteiger partial charge in [-0.15, -0.1) is 0 Å². The zero-order valence-electron chi connectivity index (χ0n) is 6.54. The molecule has 0 heterocycles. The lowest BCUT2D eigenvalue weighted by molar-refractivity contribution is 0.467. The maximum Gasteiger partial charge on any atom is 0.0823 e. The van der Waals surface area contributed by atoms with E-state index in [1.807, 2.05) is 38.2 Å². The fourth-order valence-corrected chi connectivity index (χ4v) is 0.542. The van der Waals surface area contributed by atoms with Crippen molar-refractivity contribution in [2.75, 3.05) is 0 Å². The summed E-state index contributed by atoms with van der Waals surface area (Å²) in [4.78, 5) is 0. The highest BCUT2D eigenvalue weighted by Crippen LogP contribution is 2.00. The highest BCUT2D eigenvalue weighted by Gasteiger charge is 1.82. The maximum atomic E-state index is 8.59. The Kier molecular flexibility index (Phi) is 5.54. The number of aliphatic hydroxyl groups is 1. The molecule has 0 fully saturated rings. The van der Waals surface area contributed by atoms with Crippen molar-refractivity contribution >= 4 is 0 Å². The van der Waals surface area contributed by atoms with Gasteiger partial charge in [-0.3, -0.25) is 0 Å². The van der Waals surface area contributed by atoms with Gasteiger partial charge in [-0.1, -0.05) is 31.2 Å². The molecule has 0 aromatic carbocycles. The molecule has 10 heavy (non-hydrogen) atoms. The molecule has 0 radical (unpaired) electrons. The molecule has 1 N–H and O–H groups in total. The fraction of sp³-hybridized carbons (Fsp3) is 0.333. The summed E-state index contributed by atoms with van der Waals surface area (Å²) in [6, 6.07) is 0. The highest BCUT2D eigenvalue weighted by atomic mass is 16.2. The van der Waals surface area contributed by atoms with Gasteiger partial charge in [-0.2, -0.15) is 0 Å². The second-order valence-electron chi connectivity index (χ2n) is 1.94. The number of aliphatic hydroxyl groups excluding tert-OH is 1. The van der Waals surface area contributed by atoms with Crippen molar-refractivity contribution in [2.45, 2.75) is 20.3 Å². The van der Waals surface area contributed by atoms with Crippen LogP contribution in [0.2, 0.25) is 0 Å². The summed E-state index contributed by atoms with van der Waals surface area (Å²) < 4.78 is 0. The van der Waals surface area contributed by atoms with Crippen LogP contribution in [0.5, 0.6) is 0 Å². The summed E-state index contributed by atoms with van der Waals surface area (Å²) in [7, 11) is 0. The van der Waals surface area contributed by atoms with E-state index in [1.165, 1.54) is 0 Å². The molecule has 0 aromatic heterocycles. The van der Waals surface area contributed by atoms with E-state index in [0.717, 1.165) is 18.3 Å². The summed E-state index contributed by atoms with van der Waals surface area (Å²) in [6.07, 6.45) is 9.68. The molecule has 0 bridgehead atoms. The van der Waals surface area contributed by atoms with Gasteiger partial charge in [0.05, 0.1) is 6.26 Å². The molecule has 0 spiro atoms. The molecule has 56 valence electrons. The maximum absolute atomic E-state index is 8.59. The normalized spacial score (nSPS) is 13.6. The SMILES string of the molecule is C\C=C/C=C\C(=C\O)CC. The van der Waals surface area contributed by atoms with Gasteiger partial charge in [0.2, 0.25) is 0 Å². The first kappa shape index (κ1) is 9.02. The number of rotatable bonds is 3. The fourth-order valence-electron chi connectivity index (χ4n) is 0.542. The quantitative estimate of drug-likeness (QED) is 0.469. The average Bonchev–Trinajstić information content (AvgIpc) is 1.99. The first-order valence-corrected chi connectivity index (χ1v) is 3.47. The third-order valence-corrected chi connectivity index (χ3v) is 1.19. The Morgan fingerprint density at radius 3 is 2.50 bits per heavy atom. The van der Waals surface area contributed by atoms with Gasteiger partial charge in [0, 0.05) is 0 Å². The van der Waals surface area contributed by atoms with E-state index in [9.17, 15) is 0 Å². The van der Waals surface area contributed by atoms with Crippen LogP contribution in [0.4, 0.5) is 0 Å². The summed E-state index contributed by atoms with van der Waals surface area (Å²) in [5, 5.41) is 8.59. The van der Waals surface area contributed by atoms with Crippen LogP contribution in [0.25, 0.3) is 0 Å². The Morgan fingerprint density at radius 1 is 1.40 bits per heavy atom. The van der Waals surface area contributed by atoms with Crippen LogP contribution >= 0.6 is 0 Å². The third kappa shape index (κ3) is 3.96. The van der Waals surface area contributed by atoms with Gasteiger partial charge >= 0.3 is 0 Å². The molecule has 0 atom stereocenters. The van der Waals surface area contributed by atoms with E-state index < -0.39 is 0 Å². The van der Waals surface area contributed by atoms with Gasteiger partial charge in [0.25, 0.3) is 0 Å². The first-order valence-electron chi connectivity index (χ1n) is 3.47.